The van der Waals surface area contributed by atoms with Crippen LogP contribution in [0.3, 0.4) is 0 Å². The predicted octanol–water partition coefficient (Wildman–Crippen LogP) is 4.82. The maximum absolute atomic E-state index is 13.5. The summed E-state index contributed by atoms with van der Waals surface area (Å²) < 4.78 is 18.0. The number of nitrogens with two attached hydrogens (primary N) is 1. The van der Waals surface area contributed by atoms with Gasteiger partial charge in [0, 0.05) is 11.8 Å². The molecule has 0 aliphatic heterocycles. The summed E-state index contributed by atoms with van der Waals surface area (Å²) in [6.07, 6.45) is 0. The summed E-state index contributed by atoms with van der Waals surface area (Å²) in [5.74, 6) is 1.62. The number of ether oxygens (including phenoxy) is 3. The van der Waals surface area contributed by atoms with Crippen LogP contribution in [0.1, 0.15) is 17.3 Å². The number of nitrogen functional groups attached to an aromatic ring is 1. The fraction of sp³-hybridized carbons (Fsp3) is 0.148. The second-order valence-corrected chi connectivity index (χ2v) is 7.93. The third-order valence-corrected chi connectivity index (χ3v) is 5.77. The van der Waals surface area contributed by atoms with Crippen molar-refractivity contribution in [2.75, 3.05) is 31.9 Å². The summed E-state index contributed by atoms with van der Waals surface area (Å²) in [5.41, 5.74) is 10.3. The topological polar surface area (TPSA) is 114 Å². The van der Waals surface area contributed by atoms with Crippen molar-refractivity contribution in [3.8, 4) is 22.9 Å². The van der Waals surface area contributed by atoms with E-state index in [2.05, 4.69) is 5.32 Å². The number of benzene rings is 3. The molecule has 2 aromatic heterocycles. The molecule has 0 spiro atoms. The molecule has 0 atom stereocenters. The van der Waals surface area contributed by atoms with Gasteiger partial charge in [0.15, 0.2) is 17.1 Å². The molecule has 5 aromatic rings. The van der Waals surface area contributed by atoms with Crippen LogP contribution in [-0.2, 0) is 0 Å². The third kappa shape index (κ3) is 4.00. The molecular formula is C27H25N5O4. The average molecular weight is 484 g/mol. The van der Waals surface area contributed by atoms with Crippen molar-refractivity contribution in [3.63, 3.8) is 0 Å². The van der Waals surface area contributed by atoms with Crippen molar-refractivity contribution >= 4 is 39.6 Å². The fourth-order valence-corrected chi connectivity index (χ4v) is 4.11. The molecule has 0 bridgehead atoms. The lowest BCUT2D eigenvalue weighted by Gasteiger charge is -2.12. The summed E-state index contributed by atoms with van der Waals surface area (Å²) in [4.78, 5) is 23.1. The quantitative estimate of drug-likeness (QED) is 0.341. The Kier molecular flexibility index (Phi) is 6.03. The Morgan fingerprint density at radius 3 is 2.31 bits per heavy atom. The first-order chi connectivity index (χ1) is 17.5. The molecule has 0 aliphatic carbocycles. The highest BCUT2D eigenvalue weighted by Crippen LogP contribution is 2.35. The van der Waals surface area contributed by atoms with Crippen LogP contribution < -0.4 is 25.3 Å². The zero-order chi connectivity index (χ0) is 25.2. The van der Waals surface area contributed by atoms with Crippen molar-refractivity contribution in [1.82, 2.24) is 14.5 Å². The molecule has 182 valence electrons. The van der Waals surface area contributed by atoms with Gasteiger partial charge in [-0.25, -0.2) is 9.97 Å². The summed E-state index contributed by atoms with van der Waals surface area (Å²) in [6, 6.07) is 20.0. The number of methoxy groups -OCH3 is 2. The molecule has 0 radical (unpaired) electrons. The second kappa shape index (κ2) is 9.46. The van der Waals surface area contributed by atoms with E-state index in [1.54, 1.807) is 55.2 Å². The molecular weight excluding hydrogens is 458 g/mol. The average Bonchev–Trinajstić information content (AvgIpc) is 3.18. The lowest BCUT2D eigenvalue weighted by Crippen LogP contribution is -2.14. The highest BCUT2D eigenvalue weighted by Gasteiger charge is 2.25. The third-order valence-electron chi connectivity index (χ3n) is 5.77. The molecule has 5 rings (SSSR count). The molecule has 0 aliphatic rings. The standard InChI is InChI=1S/C27H25N5O4/c1-4-36-18-12-9-16(10-13-18)29-27(33)23-24-26(31-20-8-6-5-7-19(20)30-24)32(25(23)28)17-11-14-21(34-2)22(15-17)35-3/h5-15H,4,28H2,1-3H3,(H,29,33). The van der Waals surface area contributed by atoms with E-state index in [0.29, 0.717) is 51.7 Å². The molecule has 3 N–H and O–H groups in total. The van der Waals surface area contributed by atoms with Crippen LogP contribution in [0.2, 0.25) is 0 Å². The van der Waals surface area contributed by atoms with Gasteiger partial charge in [0.1, 0.15) is 22.6 Å². The Morgan fingerprint density at radius 2 is 1.64 bits per heavy atom. The van der Waals surface area contributed by atoms with Gasteiger partial charge in [0.05, 0.1) is 37.5 Å². The van der Waals surface area contributed by atoms with Crippen molar-refractivity contribution < 1.29 is 19.0 Å². The van der Waals surface area contributed by atoms with E-state index in [1.165, 1.54) is 0 Å². The summed E-state index contributed by atoms with van der Waals surface area (Å²) in [7, 11) is 3.12. The number of rotatable bonds is 7. The SMILES string of the molecule is CCOc1ccc(NC(=O)c2c(N)n(-c3ccc(OC)c(OC)c3)c3nc4ccccc4nc23)cc1. The van der Waals surface area contributed by atoms with Crippen LogP contribution in [-0.4, -0.2) is 41.3 Å². The van der Waals surface area contributed by atoms with Gasteiger partial charge in [-0.3, -0.25) is 9.36 Å². The largest absolute Gasteiger partial charge is 0.494 e. The molecule has 1 amide bonds. The number of aromatic nitrogens is 3. The van der Waals surface area contributed by atoms with Gasteiger partial charge >= 0.3 is 0 Å². The van der Waals surface area contributed by atoms with Gasteiger partial charge < -0.3 is 25.3 Å². The molecule has 9 nitrogen and oxygen atoms in total. The highest BCUT2D eigenvalue weighted by molar-refractivity contribution is 6.16. The van der Waals surface area contributed by atoms with E-state index in [0.717, 1.165) is 5.75 Å². The summed E-state index contributed by atoms with van der Waals surface area (Å²) in [6.45, 7) is 2.47. The Bertz CT molecular complexity index is 1580. The number of nitrogens with one attached hydrogen (secondary N) is 1. The van der Waals surface area contributed by atoms with E-state index >= 15 is 0 Å². The Labute approximate surface area is 207 Å². The van der Waals surface area contributed by atoms with E-state index < -0.39 is 5.91 Å². The summed E-state index contributed by atoms with van der Waals surface area (Å²) >= 11 is 0. The number of carbonyl (C=O) groups excluding carboxylic acids is 1. The smallest absolute Gasteiger partial charge is 0.261 e. The zero-order valence-electron chi connectivity index (χ0n) is 20.1. The second-order valence-electron chi connectivity index (χ2n) is 7.93. The number of hydrogen-bond donors (Lipinski definition) is 2. The number of amides is 1. The Balaban J connectivity index is 1.67. The first-order valence-corrected chi connectivity index (χ1v) is 11.4. The summed E-state index contributed by atoms with van der Waals surface area (Å²) in [5, 5.41) is 2.91. The van der Waals surface area contributed by atoms with E-state index in [9.17, 15) is 4.79 Å². The molecule has 0 unspecified atom stereocenters. The number of carbonyl (C=O) groups is 1. The first-order valence-electron chi connectivity index (χ1n) is 11.4. The lowest BCUT2D eigenvalue weighted by atomic mass is 10.2. The van der Waals surface area contributed by atoms with Crippen LogP contribution in [0, 0.1) is 0 Å². The number of para-hydroxylation sites is 2. The van der Waals surface area contributed by atoms with Gasteiger partial charge in [-0.15, -0.1) is 0 Å². The maximum Gasteiger partial charge on any atom is 0.261 e. The number of hydrogen-bond acceptors (Lipinski definition) is 7. The molecule has 0 saturated carbocycles. The number of nitrogens with zero attached hydrogens (tertiary/aromatic N) is 3. The minimum Gasteiger partial charge on any atom is -0.494 e. The van der Waals surface area contributed by atoms with Gasteiger partial charge in [0.25, 0.3) is 5.91 Å². The zero-order valence-corrected chi connectivity index (χ0v) is 20.1. The van der Waals surface area contributed by atoms with Crippen LogP contribution in [0.4, 0.5) is 11.5 Å². The molecule has 36 heavy (non-hydrogen) atoms. The number of anilines is 2. The first kappa shape index (κ1) is 23.0. The molecule has 2 heterocycles. The molecule has 0 fully saturated rings. The van der Waals surface area contributed by atoms with Gasteiger partial charge in [-0.2, -0.15) is 0 Å². The fourth-order valence-electron chi connectivity index (χ4n) is 4.11. The molecule has 3 aromatic carbocycles. The minimum atomic E-state index is -0.398. The number of fused-ring (bicyclic) bond motifs is 2. The maximum atomic E-state index is 13.5. The van der Waals surface area contributed by atoms with Gasteiger partial charge in [0.2, 0.25) is 0 Å². The monoisotopic (exact) mass is 483 g/mol. The Morgan fingerprint density at radius 1 is 0.944 bits per heavy atom. The predicted molar refractivity (Wildman–Crippen MR) is 139 cm³/mol. The lowest BCUT2D eigenvalue weighted by molar-refractivity contribution is 0.102. The van der Waals surface area contributed by atoms with Gasteiger partial charge in [-0.1, -0.05) is 12.1 Å². The van der Waals surface area contributed by atoms with Gasteiger partial charge in [-0.05, 0) is 55.5 Å². The van der Waals surface area contributed by atoms with E-state index in [1.807, 2.05) is 37.3 Å². The van der Waals surface area contributed by atoms with Crippen LogP contribution in [0.15, 0.2) is 66.7 Å². The van der Waals surface area contributed by atoms with Crippen LogP contribution >= 0.6 is 0 Å². The normalized spacial score (nSPS) is 11.0. The van der Waals surface area contributed by atoms with Crippen molar-refractivity contribution in [3.05, 3.63) is 72.3 Å². The van der Waals surface area contributed by atoms with Crippen LogP contribution in [0.25, 0.3) is 27.9 Å². The van der Waals surface area contributed by atoms with Crippen molar-refractivity contribution in [2.24, 2.45) is 0 Å². The van der Waals surface area contributed by atoms with Crippen LogP contribution in [0.5, 0.6) is 17.2 Å². The van der Waals surface area contributed by atoms with E-state index in [-0.39, 0.29) is 11.4 Å². The molecule has 0 saturated heterocycles. The van der Waals surface area contributed by atoms with Crippen molar-refractivity contribution in [1.29, 1.82) is 0 Å². The van der Waals surface area contributed by atoms with E-state index in [4.69, 9.17) is 29.9 Å². The highest BCUT2D eigenvalue weighted by atomic mass is 16.5. The minimum absolute atomic E-state index is 0.205. The Hall–Kier alpha value is -4.79. The molecule has 9 heteroatoms. The van der Waals surface area contributed by atoms with Crippen molar-refractivity contribution in [2.45, 2.75) is 6.92 Å².